The Balaban J connectivity index is 1.62. The zero-order chi connectivity index (χ0) is 27.4. The molecule has 38 heavy (non-hydrogen) atoms. The summed E-state index contributed by atoms with van der Waals surface area (Å²) in [6, 6.07) is 14.6. The molecule has 1 aliphatic rings. The van der Waals surface area contributed by atoms with Crippen molar-refractivity contribution in [1.29, 1.82) is 0 Å². The Morgan fingerprint density at radius 3 is 2.42 bits per heavy atom. The number of nitrogens with zero attached hydrogens (tertiary/aromatic N) is 2. The Hall–Kier alpha value is -4.32. The lowest BCUT2D eigenvalue weighted by atomic mass is 10.1. The lowest BCUT2D eigenvalue weighted by Crippen LogP contribution is -2.41. The maximum absolute atomic E-state index is 13.7. The van der Waals surface area contributed by atoms with Crippen molar-refractivity contribution in [2.75, 3.05) is 31.2 Å². The summed E-state index contributed by atoms with van der Waals surface area (Å²) in [6.45, 7) is 3.59. The molecule has 0 bridgehead atoms. The van der Waals surface area contributed by atoms with E-state index in [2.05, 4.69) is 5.32 Å². The molecule has 0 saturated heterocycles. The number of rotatable bonds is 9. The highest BCUT2D eigenvalue weighted by atomic mass is 32.2. The second-order valence-electron chi connectivity index (χ2n) is 8.61. The number of sulfonamides is 1. The van der Waals surface area contributed by atoms with Gasteiger partial charge in [0.05, 0.1) is 28.7 Å². The van der Waals surface area contributed by atoms with Gasteiger partial charge in [-0.1, -0.05) is 12.1 Å². The summed E-state index contributed by atoms with van der Waals surface area (Å²) in [5.41, 5.74) is 0.917. The van der Waals surface area contributed by atoms with Crippen LogP contribution in [0.4, 0.5) is 11.4 Å². The molecule has 0 aromatic heterocycles. The van der Waals surface area contributed by atoms with Crippen molar-refractivity contribution in [2.45, 2.75) is 24.8 Å². The Morgan fingerprint density at radius 2 is 1.76 bits per heavy atom. The highest BCUT2D eigenvalue weighted by Crippen LogP contribution is 2.33. The molecule has 12 heteroatoms. The van der Waals surface area contributed by atoms with E-state index in [-0.39, 0.29) is 16.3 Å². The van der Waals surface area contributed by atoms with Crippen LogP contribution in [-0.4, -0.2) is 46.1 Å². The molecule has 0 spiro atoms. The smallest absolute Gasteiger partial charge is 0.273 e. The number of carbonyl (C=O) groups is 1. The van der Waals surface area contributed by atoms with Gasteiger partial charge in [-0.05, 0) is 61.9 Å². The maximum Gasteiger partial charge on any atom is 0.273 e. The van der Waals surface area contributed by atoms with Crippen LogP contribution in [0.5, 0.6) is 17.2 Å². The number of hydrogen-bond donors (Lipinski definition) is 1. The van der Waals surface area contributed by atoms with E-state index in [9.17, 15) is 23.3 Å². The molecule has 11 nitrogen and oxygen atoms in total. The molecule has 0 aliphatic carbocycles. The third kappa shape index (κ3) is 5.65. The first-order chi connectivity index (χ1) is 18.1. The van der Waals surface area contributed by atoms with Crippen LogP contribution < -0.4 is 23.8 Å². The minimum absolute atomic E-state index is 0.191. The van der Waals surface area contributed by atoms with Gasteiger partial charge in [-0.25, -0.2) is 8.42 Å². The topological polar surface area (TPSA) is 137 Å². The van der Waals surface area contributed by atoms with Gasteiger partial charge in [0, 0.05) is 11.6 Å². The first-order valence-electron chi connectivity index (χ1n) is 11.7. The van der Waals surface area contributed by atoms with Crippen LogP contribution in [0.1, 0.15) is 24.1 Å². The second-order valence-corrected chi connectivity index (χ2v) is 10.5. The lowest BCUT2D eigenvalue weighted by Gasteiger charge is -2.25. The van der Waals surface area contributed by atoms with Crippen LogP contribution in [0.25, 0.3) is 0 Å². The standard InChI is InChI=1S/C26H27N3O8S/c1-17-4-10-22(15-23(17)29(31)32)38(33,34)28(20-6-8-21(35-3)9-7-20)16-26(30)27-18(2)19-5-11-24-25(14-19)37-13-12-36-24/h4-11,14-15,18H,12-13,16H2,1-3H3,(H,27,30)/t18-/m0/s1. The quantitative estimate of drug-likeness (QED) is 0.319. The largest absolute Gasteiger partial charge is 0.497 e. The Bertz CT molecular complexity index is 1460. The van der Waals surface area contributed by atoms with Crippen molar-refractivity contribution in [3.63, 3.8) is 0 Å². The molecule has 4 rings (SSSR count). The fraction of sp³-hybridized carbons (Fsp3) is 0.269. The minimum Gasteiger partial charge on any atom is -0.497 e. The van der Waals surface area contributed by atoms with E-state index in [4.69, 9.17) is 14.2 Å². The summed E-state index contributed by atoms with van der Waals surface area (Å²) < 4.78 is 44.6. The third-order valence-electron chi connectivity index (χ3n) is 6.06. The predicted molar refractivity (Wildman–Crippen MR) is 139 cm³/mol. The van der Waals surface area contributed by atoms with Gasteiger partial charge >= 0.3 is 0 Å². The number of amides is 1. The van der Waals surface area contributed by atoms with Crippen LogP contribution >= 0.6 is 0 Å². The Morgan fingerprint density at radius 1 is 1.08 bits per heavy atom. The number of fused-ring (bicyclic) bond motifs is 1. The van der Waals surface area contributed by atoms with E-state index < -0.39 is 33.4 Å². The number of nitrogens with one attached hydrogen (secondary N) is 1. The number of nitro groups is 1. The molecule has 0 radical (unpaired) electrons. The Labute approximate surface area is 220 Å². The van der Waals surface area contributed by atoms with Crippen molar-refractivity contribution < 1.29 is 32.3 Å². The van der Waals surface area contributed by atoms with E-state index >= 15 is 0 Å². The van der Waals surface area contributed by atoms with Crippen molar-refractivity contribution >= 4 is 27.3 Å². The van der Waals surface area contributed by atoms with E-state index in [1.807, 2.05) is 0 Å². The van der Waals surface area contributed by atoms with Gasteiger partial charge < -0.3 is 19.5 Å². The molecule has 1 aliphatic heterocycles. The van der Waals surface area contributed by atoms with E-state index in [1.54, 1.807) is 37.3 Å². The zero-order valence-electron chi connectivity index (χ0n) is 21.0. The average Bonchev–Trinajstić information content (AvgIpc) is 2.91. The number of methoxy groups -OCH3 is 1. The van der Waals surface area contributed by atoms with Crippen LogP contribution in [0.2, 0.25) is 0 Å². The number of hydrogen-bond acceptors (Lipinski definition) is 8. The van der Waals surface area contributed by atoms with Gasteiger partial charge in [0.2, 0.25) is 5.91 Å². The first kappa shape index (κ1) is 26.7. The first-order valence-corrected chi connectivity index (χ1v) is 13.1. The van der Waals surface area contributed by atoms with E-state index in [0.717, 1.165) is 15.9 Å². The summed E-state index contributed by atoms with van der Waals surface area (Å²) in [5, 5.41) is 14.3. The van der Waals surface area contributed by atoms with Crippen molar-refractivity contribution in [3.8, 4) is 17.2 Å². The molecule has 1 amide bonds. The number of ether oxygens (including phenoxy) is 3. The van der Waals surface area contributed by atoms with Crippen LogP contribution in [0.3, 0.4) is 0 Å². The van der Waals surface area contributed by atoms with Crippen molar-refractivity contribution in [1.82, 2.24) is 5.32 Å². The summed E-state index contributed by atoms with van der Waals surface area (Å²) >= 11 is 0. The van der Waals surface area contributed by atoms with Crippen LogP contribution in [0, 0.1) is 17.0 Å². The summed E-state index contributed by atoms with van der Waals surface area (Å²) in [7, 11) is -2.89. The lowest BCUT2D eigenvalue weighted by molar-refractivity contribution is -0.385. The van der Waals surface area contributed by atoms with Crippen LogP contribution in [-0.2, 0) is 14.8 Å². The number of anilines is 1. The fourth-order valence-corrected chi connectivity index (χ4v) is 5.41. The average molecular weight is 542 g/mol. The maximum atomic E-state index is 13.7. The molecular formula is C26H27N3O8S. The predicted octanol–water partition coefficient (Wildman–Crippen LogP) is 3.76. The van der Waals surface area contributed by atoms with Gasteiger partial charge in [0.1, 0.15) is 25.5 Å². The fourth-order valence-electron chi connectivity index (χ4n) is 3.97. The van der Waals surface area contributed by atoms with Crippen molar-refractivity contribution in [3.05, 3.63) is 81.9 Å². The van der Waals surface area contributed by atoms with Gasteiger partial charge in [0.15, 0.2) is 11.5 Å². The highest BCUT2D eigenvalue weighted by molar-refractivity contribution is 7.92. The molecular weight excluding hydrogens is 514 g/mol. The molecule has 1 N–H and O–H groups in total. The molecule has 0 unspecified atom stereocenters. The van der Waals surface area contributed by atoms with Gasteiger partial charge in [-0.2, -0.15) is 0 Å². The molecule has 0 fully saturated rings. The van der Waals surface area contributed by atoms with Crippen molar-refractivity contribution in [2.24, 2.45) is 0 Å². The summed E-state index contributed by atoms with van der Waals surface area (Å²) in [4.78, 5) is 23.6. The molecule has 3 aromatic rings. The van der Waals surface area contributed by atoms with Gasteiger partial charge in [-0.15, -0.1) is 0 Å². The molecule has 200 valence electrons. The number of carbonyl (C=O) groups excluding carboxylic acids is 1. The summed E-state index contributed by atoms with van der Waals surface area (Å²) in [6.07, 6.45) is 0. The second kappa shape index (κ2) is 11.0. The zero-order valence-corrected chi connectivity index (χ0v) is 21.9. The van der Waals surface area contributed by atoms with Gasteiger partial charge in [-0.3, -0.25) is 19.2 Å². The van der Waals surface area contributed by atoms with E-state index in [0.29, 0.717) is 36.0 Å². The molecule has 1 atom stereocenters. The molecule has 1 heterocycles. The third-order valence-corrected chi connectivity index (χ3v) is 7.83. The SMILES string of the molecule is COc1ccc(N(CC(=O)N[C@@H](C)c2ccc3c(c2)OCCO3)S(=O)(=O)c2ccc(C)c([N+](=O)[O-])c2)cc1. The number of aryl methyl sites for hydroxylation is 1. The monoisotopic (exact) mass is 541 g/mol. The van der Waals surface area contributed by atoms with Gasteiger partial charge in [0.25, 0.3) is 15.7 Å². The molecule has 0 saturated carbocycles. The Kier molecular flexibility index (Phi) is 7.72. The highest BCUT2D eigenvalue weighted by Gasteiger charge is 2.30. The van der Waals surface area contributed by atoms with Crippen LogP contribution in [0.15, 0.2) is 65.6 Å². The number of nitro benzene ring substituents is 1. The normalized spacial score (nSPS) is 13.3. The van der Waals surface area contributed by atoms with E-state index in [1.165, 1.54) is 38.3 Å². The minimum atomic E-state index is -4.36. The summed E-state index contributed by atoms with van der Waals surface area (Å²) in [5.74, 6) is 1.10. The molecule has 3 aromatic carbocycles. The number of benzene rings is 3.